The summed E-state index contributed by atoms with van der Waals surface area (Å²) in [4.78, 5) is 0.257. The number of aromatic nitrogens is 2. The molecule has 1 N–H and O–H groups in total. The fraction of sp³-hybridized carbons (Fsp3) is 0.455. The second-order valence-corrected chi connectivity index (χ2v) is 6.94. The fourth-order valence-electron chi connectivity index (χ4n) is 2.30. The third-order valence-corrected chi connectivity index (χ3v) is 5.86. The molecule has 1 aliphatic rings. The molecule has 6 nitrogen and oxygen atoms in total. The summed E-state index contributed by atoms with van der Waals surface area (Å²) in [6.07, 6.45) is 0. The minimum absolute atomic E-state index is 0.0550. The first kappa shape index (κ1) is 12.9. The molecule has 1 aromatic carbocycles. The van der Waals surface area contributed by atoms with E-state index in [2.05, 4.69) is 14.1 Å². The molecule has 2 heterocycles. The maximum Gasteiger partial charge on any atom is 0.245 e. The number of hydrogen-bond donors (Lipinski definition) is 1. The maximum absolute atomic E-state index is 12.7. The molecule has 1 aromatic heterocycles. The molecule has 0 bridgehead atoms. The lowest BCUT2D eigenvalue weighted by Crippen LogP contribution is -2.52. The summed E-state index contributed by atoms with van der Waals surface area (Å²) < 4.78 is 35.2. The Bertz CT molecular complexity index is 698. The second-order valence-electron chi connectivity index (χ2n) is 4.56. The van der Waals surface area contributed by atoms with Crippen LogP contribution in [0.15, 0.2) is 23.1 Å². The zero-order chi connectivity index (χ0) is 13.5. The highest BCUT2D eigenvalue weighted by molar-refractivity contribution is 7.89. The van der Waals surface area contributed by atoms with E-state index in [9.17, 15) is 8.42 Å². The first-order chi connectivity index (χ1) is 9.10. The lowest BCUT2D eigenvalue weighted by atomic mass is 10.3. The summed E-state index contributed by atoms with van der Waals surface area (Å²) in [6.45, 7) is 3.74. The van der Waals surface area contributed by atoms with Gasteiger partial charge in [-0.2, -0.15) is 13.1 Å². The van der Waals surface area contributed by atoms with Crippen LogP contribution < -0.4 is 5.32 Å². The molecule has 1 aliphatic heterocycles. The predicted octanol–water partition coefficient (Wildman–Crippen LogP) is 0.674. The van der Waals surface area contributed by atoms with Gasteiger partial charge in [0.1, 0.15) is 15.9 Å². The summed E-state index contributed by atoms with van der Waals surface area (Å²) in [5.74, 6) is 0. The summed E-state index contributed by atoms with van der Waals surface area (Å²) in [6, 6.07) is 5.04. The Labute approximate surface area is 115 Å². The molecule has 1 fully saturated rings. The molecule has 1 unspecified atom stereocenters. The van der Waals surface area contributed by atoms with Gasteiger partial charge in [-0.05, 0) is 19.1 Å². The van der Waals surface area contributed by atoms with E-state index in [0.717, 1.165) is 11.7 Å². The number of rotatable bonds is 2. The van der Waals surface area contributed by atoms with Crippen LogP contribution in [0, 0.1) is 0 Å². The third kappa shape index (κ3) is 2.14. The first-order valence-corrected chi connectivity index (χ1v) is 8.21. The van der Waals surface area contributed by atoms with Crippen molar-refractivity contribution in [3.8, 4) is 0 Å². The molecular weight excluding hydrogens is 284 g/mol. The Morgan fingerprint density at radius 1 is 1.42 bits per heavy atom. The average Bonchev–Trinajstić information content (AvgIpc) is 2.86. The topological polar surface area (TPSA) is 75.2 Å². The summed E-state index contributed by atoms with van der Waals surface area (Å²) in [5, 5.41) is 3.19. The van der Waals surface area contributed by atoms with Crippen molar-refractivity contribution in [2.24, 2.45) is 0 Å². The van der Waals surface area contributed by atoms with E-state index < -0.39 is 10.0 Å². The van der Waals surface area contributed by atoms with Gasteiger partial charge in [0.25, 0.3) is 0 Å². The molecule has 0 amide bonds. The lowest BCUT2D eigenvalue weighted by Gasteiger charge is -2.32. The number of piperazine rings is 1. The van der Waals surface area contributed by atoms with Crippen LogP contribution in [-0.2, 0) is 10.0 Å². The SMILES string of the molecule is CC1CNCCN1S(=O)(=O)c1cccc2nsnc12. The Hall–Kier alpha value is -1.09. The average molecular weight is 298 g/mol. The van der Waals surface area contributed by atoms with Gasteiger partial charge in [0, 0.05) is 25.7 Å². The third-order valence-electron chi connectivity index (χ3n) is 3.28. The van der Waals surface area contributed by atoms with Gasteiger partial charge in [0.15, 0.2) is 0 Å². The van der Waals surface area contributed by atoms with Crippen molar-refractivity contribution in [3.63, 3.8) is 0 Å². The van der Waals surface area contributed by atoms with Crippen LogP contribution in [0.5, 0.6) is 0 Å². The second kappa shape index (κ2) is 4.78. The molecule has 8 heteroatoms. The van der Waals surface area contributed by atoms with E-state index in [1.165, 1.54) is 4.31 Å². The van der Waals surface area contributed by atoms with Gasteiger partial charge in [-0.25, -0.2) is 8.42 Å². The van der Waals surface area contributed by atoms with Gasteiger partial charge in [-0.15, -0.1) is 0 Å². The van der Waals surface area contributed by atoms with Crippen molar-refractivity contribution in [3.05, 3.63) is 18.2 Å². The van der Waals surface area contributed by atoms with Crippen LogP contribution >= 0.6 is 11.7 Å². The minimum atomic E-state index is -3.51. The number of fused-ring (bicyclic) bond motifs is 1. The number of nitrogens with one attached hydrogen (secondary N) is 1. The quantitative estimate of drug-likeness (QED) is 0.882. The number of sulfonamides is 1. The highest BCUT2D eigenvalue weighted by Crippen LogP contribution is 2.25. The van der Waals surface area contributed by atoms with Gasteiger partial charge in [-0.3, -0.25) is 0 Å². The van der Waals surface area contributed by atoms with Crippen LogP contribution in [-0.4, -0.2) is 47.1 Å². The Kier molecular flexibility index (Phi) is 3.25. The molecule has 102 valence electrons. The zero-order valence-corrected chi connectivity index (χ0v) is 12.0. The zero-order valence-electron chi connectivity index (χ0n) is 10.4. The smallest absolute Gasteiger partial charge is 0.245 e. The molecule has 0 aliphatic carbocycles. The van der Waals surface area contributed by atoms with E-state index in [4.69, 9.17) is 0 Å². The molecule has 0 spiro atoms. The highest BCUT2D eigenvalue weighted by Gasteiger charge is 2.32. The monoisotopic (exact) mass is 298 g/mol. The number of nitrogens with zero attached hydrogens (tertiary/aromatic N) is 3. The Balaban J connectivity index is 2.11. The van der Waals surface area contributed by atoms with Crippen molar-refractivity contribution < 1.29 is 8.42 Å². The molecule has 2 aromatic rings. The molecule has 1 atom stereocenters. The van der Waals surface area contributed by atoms with Gasteiger partial charge in [-0.1, -0.05) is 6.07 Å². The molecule has 3 rings (SSSR count). The van der Waals surface area contributed by atoms with Gasteiger partial charge < -0.3 is 5.32 Å². The first-order valence-electron chi connectivity index (χ1n) is 6.04. The Morgan fingerprint density at radius 2 is 2.26 bits per heavy atom. The van der Waals surface area contributed by atoms with Crippen molar-refractivity contribution in [1.29, 1.82) is 0 Å². The highest BCUT2D eigenvalue weighted by atomic mass is 32.2. The van der Waals surface area contributed by atoms with Crippen molar-refractivity contribution >= 4 is 32.8 Å². The normalized spacial score (nSPS) is 21.8. The number of hydrogen-bond acceptors (Lipinski definition) is 6. The summed E-state index contributed by atoms with van der Waals surface area (Å²) in [5.41, 5.74) is 1.10. The Morgan fingerprint density at radius 3 is 3.05 bits per heavy atom. The molecule has 0 saturated carbocycles. The van der Waals surface area contributed by atoms with Crippen LogP contribution in [0.3, 0.4) is 0 Å². The van der Waals surface area contributed by atoms with E-state index in [-0.39, 0.29) is 10.9 Å². The maximum atomic E-state index is 12.7. The fourth-order valence-corrected chi connectivity index (χ4v) is 4.68. The molecular formula is C11H14N4O2S2. The van der Waals surface area contributed by atoms with Crippen LogP contribution in [0.1, 0.15) is 6.92 Å². The number of benzene rings is 1. The molecule has 1 saturated heterocycles. The van der Waals surface area contributed by atoms with Crippen LogP contribution in [0.2, 0.25) is 0 Å². The van der Waals surface area contributed by atoms with Gasteiger partial charge in [0.2, 0.25) is 10.0 Å². The molecule has 19 heavy (non-hydrogen) atoms. The van der Waals surface area contributed by atoms with E-state index in [1.54, 1.807) is 18.2 Å². The largest absolute Gasteiger partial charge is 0.314 e. The van der Waals surface area contributed by atoms with E-state index >= 15 is 0 Å². The van der Waals surface area contributed by atoms with Crippen LogP contribution in [0.4, 0.5) is 0 Å². The predicted molar refractivity (Wildman–Crippen MR) is 73.6 cm³/mol. The summed E-state index contributed by atoms with van der Waals surface area (Å²) in [7, 11) is -3.51. The standard InChI is InChI=1S/C11H14N4O2S2/c1-8-7-12-5-6-15(8)19(16,17)10-4-2-3-9-11(10)14-18-13-9/h2-4,8,12H,5-7H2,1H3. The van der Waals surface area contributed by atoms with E-state index in [0.29, 0.717) is 30.7 Å². The minimum Gasteiger partial charge on any atom is -0.314 e. The lowest BCUT2D eigenvalue weighted by molar-refractivity contribution is 0.284. The van der Waals surface area contributed by atoms with Crippen LogP contribution in [0.25, 0.3) is 11.0 Å². The van der Waals surface area contributed by atoms with E-state index in [1.807, 2.05) is 6.92 Å². The van der Waals surface area contributed by atoms with Gasteiger partial charge >= 0.3 is 0 Å². The van der Waals surface area contributed by atoms with Crippen molar-refractivity contribution in [2.45, 2.75) is 17.9 Å². The van der Waals surface area contributed by atoms with Gasteiger partial charge in [0.05, 0.1) is 11.7 Å². The summed E-state index contributed by atoms with van der Waals surface area (Å²) >= 11 is 1.04. The van der Waals surface area contributed by atoms with Crippen molar-refractivity contribution in [1.82, 2.24) is 18.4 Å². The van der Waals surface area contributed by atoms with Crippen molar-refractivity contribution in [2.75, 3.05) is 19.6 Å². The molecule has 0 radical (unpaired) electrons.